The van der Waals surface area contributed by atoms with Crippen LogP contribution >= 0.6 is 0 Å². The van der Waals surface area contributed by atoms with Gasteiger partial charge in [0, 0.05) is 29.0 Å². The summed E-state index contributed by atoms with van der Waals surface area (Å²) in [5.41, 5.74) is 3.03. The minimum Gasteiger partial charge on any atom is -0.345 e. The predicted octanol–water partition coefficient (Wildman–Crippen LogP) is 2.52. The zero-order chi connectivity index (χ0) is 17.5. The number of rotatable bonds is 5. The largest absolute Gasteiger partial charge is 0.345 e. The molecule has 2 aliphatic rings. The molecule has 1 unspecified atom stereocenters. The van der Waals surface area contributed by atoms with Gasteiger partial charge < -0.3 is 4.57 Å². The van der Waals surface area contributed by atoms with E-state index >= 15 is 0 Å². The summed E-state index contributed by atoms with van der Waals surface area (Å²) in [6, 6.07) is 2.51. The van der Waals surface area contributed by atoms with Gasteiger partial charge in [-0.1, -0.05) is 12.8 Å². The summed E-state index contributed by atoms with van der Waals surface area (Å²) in [5.74, 6) is 0.517. The Morgan fingerprint density at radius 1 is 1.25 bits per heavy atom. The molecule has 2 heterocycles. The van der Waals surface area contributed by atoms with Crippen LogP contribution in [-0.2, 0) is 9.84 Å². The monoisotopic (exact) mass is 352 g/mol. The molecule has 0 N–H and O–H groups in total. The van der Waals surface area contributed by atoms with Gasteiger partial charge in [0.1, 0.15) is 0 Å². The summed E-state index contributed by atoms with van der Waals surface area (Å²) in [6.45, 7) is 4.41. The Balaban J connectivity index is 1.72. The number of nitrogens with zero attached hydrogens (tertiary/aromatic N) is 2. The zero-order valence-electron chi connectivity index (χ0n) is 14.9. The molecule has 24 heavy (non-hydrogen) atoms. The number of Topliss-reactive ketones (excluding diaryl/α,β-unsaturated/α-hetero) is 1. The molecule has 1 aromatic rings. The summed E-state index contributed by atoms with van der Waals surface area (Å²) < 4.78 is 25.6. The third-order valence-corrected chi connectivity index (χ3v) is 7.45. The quantitative estimate of drug-likeness (QED) is 0.764. The minimum atomic E-state index is -2.92. The van der Waals surface area contributed by atoms with E-state index in [0.717, 1.165) is 17.0 Å². The van der Waals surface area contributed by atoms with Crippen LogP contribution in [0.15, 0.2) is 6.07 Å². The van der Waals surface area contributed by atoms with E-state index in [1.54, 1.807) is 0 Å². The standard InChI is InChI=1S/C18H28N2O3S/c1-13-10-17(14(2)20(13)15-6-4-5-7-15)18(21)11-19(3)16-8-9-24(22,23)12-16/h10,15-16H,4-9,11-12H2,1-3H3. The van der Waals surface area contributed by atoms with Crippen LogP contribution in [0.4, 0.5) is 0 Å². The highest BCUT2D eigenvalue weighted by molar-refractivity contribution is 7.91. The molecule has 1 saturated carbocycles. The lowest BCUT2D eigenvalue weighted by Crippen LogP contribution is -2.36. The van der Waals surface area contributed by atoms with Crippen molar-refractivity contribution in [2.24, 2.45) is 0 Å². The molecule has 0 spiro atoms. The average Bonchev–Trinajstić information content (AvgIpc) is 3.19. The summed E-state index contributed by atoms with van der Waals surface area (Å²) in [7, 11) is -1.06. The summed E-state index contributed by atoms with van der Waals surface area (Å²) >= 11 is 0. The fraction of sp³-hybridized carbons (Fsp3) is 0.722. The van der Waals surface area contributed by atoms with Crippen LogP contribution in [0, 0.1) is 13.8 Å². The van der Waals surface area contributed by atoms with Crippen molar-refractivity contribution in [2.45, 2.75) is 58.0 Å². The second-order valence-electron chi connectivity index (χ2n) is 7.49. The van der Waals surface area contributed by atoms with Crippen molar-refractivity contribution in [3.05, 3.63) is 23.0 Å². The van der Waals surface area contributed by atoms with Crippen LogP contribution in [0.2, 0.25) is 0 Å². The van der Waals surface area contributed by atoms with Gasteiger partial charge in [0.15, 0.2) is 15.6 Å². The van der Waals surface area contributed by atoms with Gasteiger partial charge >= 0.3 is 0 Å². The minimum absolute atomic E-state index is 0.0303. The number of ketones is 1. The Morgan fingerprint density at radius 3 is 2.50 bits per heavy atom. The first-order valence-corrected chi connectivity index (χ1v) is 10.7. The lowest BCUT2D eigenvalue weighted by atomic mass is 10.1. The number of aromatic nitrogens is 1. The second-order valence-corrected chi connectivity index (χ2v) is 9.72. The molecule has 134 valence electrons. The van der Waals surface area contributed by atoms with Gasteiger partial charge in [0.25, 0.3) is 0 Å². The molecule has 6 heteroatoms. The van der Waals surface area contributed by atoms with Crippen molar-refractivity contribution < 1.29 is 13.2 Å². The highest BCUT2D eigenvalue weighted by Gasteiger charge is 2.32. The Labute approximate surface area is 144 Å². The SMILES string of the molecule is Cc1cc(C(=O)CN(C)C2CCS(=O)(=O)C2)c(C)n1C1CCCC1. The molecule has 0 radical (unpaired) electrons. The lowest BCUT2D eigenvalue weighted by molar-refractivity contribution is 0.0925. The number of aryl methyl sites for hydroxylation is 1. The normalized spacial score (nSPS) is 24.1. The molecule has 1 atom stereocenters. The summed E-state index contributed by atoms with van der Waals surface area (Å²) in [5, 5.41) is 0. The number of hydrogen-bond donors (Lipinski definition) is 0. The van der Waals surface area contributed by atoms with E-state index in [1.165, 1.54) is 25.7 Å². The summed E-state index contributed by atoms with van der Waals surface area (Å²) in [6.07, 6.45) is 5.56. The fourth-order valence-electron chi connectivity index (χ4n) is 4.35. The molecule has 1 aliphatic heterocycles. The van der Waals surface area contributed by atoms with Crippen LogP contribution < -0.4 is 0 Å². The molecule has 0 amide bonds. The Kier molecular flexibility index (Phi) is 4.89. The Bertz CT molecular complexity index is 730. The van der Waals surface area contributed by atoms with Crippen LogP contribution in [0.1, 0.15) is 59.9 Å². The van der Waals surface area contributed by atoms with Crippen LogP contribution in [0.5, 0.6) is 0 Å². The smallest absolute Gasteiger partial charge is 0.178 e. The van der Waals surface area contributed by atoms with Crippen molar-refractivity contribution >= 4 is 15.6 Å². The third kappa shape index (κ3) is 3.45. The molecule has 2 fully saturated rings. The summed E-state index contributed by atoms with van der Waals surface area (Å²) in [4.78, 5) is 14.7. The molecule has 1 saturated heterocycles. The van der Waals surface area contributed by atoms with E-state index in [2.05, 4.69) is 11.5 Å². The van der Waals surface area contributed by atoms with Crippen LogP contribution in [0.3, 0.4) is 0 Å². The van der Waals surface area contributed by atoms with Crippen LogP contribution in [0.25, 0.3) is 0 Å². The van der Waals surface area contributed by atoms with Gasteiger partial charge in [-0.25, -0.2) is 8.42 Å². The number of carbonyl (C=O) groups is 1. The van der Waals surface area contributed by atoms with Crippen molar-refractivity contribution in [2.75, 3.05) is 25.1 Å². The van der Waals surface area contributed by atoms with Crippen LogP contribution in [-0.4, -0.2) is 54.8 Å². The van der Waals surface area contributed by atoms with Gasteiger partial charge in [-0.2, -0.15) is 0 Å². The maximum Gasteiger partial charge on any atom is 0.178 e. The van der Waals surface area contributed by atoms with Gasteiger partial charge in [0.05, 0.1) is 18.1 Å². The molecule has 1 aliphatic carbocycles. The first kappa shape index (κ1) is 17.7. The van der Waals surface area contributed by atoms with E-state index in [-0.39, 0.29) is 29.9 Å². The zero-order valence-corrected chi connectivity index (χ0v) is 15.7. The van der Waals surface area contributed by atoms with Gasteiger partial charge in [0.2, 0.25) is 0 Å². The van der Waals surface area contributed by atoms with E-state index in [4.69, 9.17) is 0 Å². The topological polar surface area (TPSA) is 59.4 Å². The van der Waals surface area contributed by atoms with Crippen molar-refractivity contribution in [3.63, 3.8) is 0 Å². The maximum absolute atomic E-state index is 12.8. The third-order valence-electron chi connectivity index (χ3n) is 5.70. The molecule has 1 aromatic heterocycles. The van der Waals surface area contributed by atoms with E-state index in [0.29, 0.717) is 12.5 Å². The molecule has 0 bridgehead atoms. The van der Waals surface area contributed by atoms with Gasteiger partial charge in [-0.05, 0) is 46.2 Å². The van der Waals surface area contributed by atoms with Gasteiger partial charge in [-0.3, -0.25) is 9.69 Å². The van der Waals surface area contributed by atoms with Gasteiger partial charge in [-0.15, -0.1) is 0 Å². The van der Waals surface area contributed by atoms with Crippen molar-refractivity contribution in [1.29, 1.82) is 0 Å². The molecule has 5 nitrogen and oxygen atoms in total. The number of hydrogen-bond acceptors (Lipinski definition) is 4. The first-order valence-electron chi connectivity index (χ1n) is 8.91. The molecular formula is C18H28N2O3S. The second kappa shape index (κ2) is 6.64. The number of likely N-dealkylation sites (N-methyl/N-ethyl adjacent to an activating group) is 1. The van der Waals surface area contributed by atoms with E-state index in [1.807, 2.05) is 24.9 Å². The van der Waals surface area contributed by atoms with E-state index in [9.17, 15) is 13.2 Å². The number of sulfone groups is 1. The predicted molar refractivity (Wildman–Crippen MR) is 95.4 cm³/mol. The number of carbonyl (C=O) groups excluding carboxylic acids is 1. The Morgan fingerprint density at radius 2 is 1.92 bits per heavy atom. The molecule has 3 rings (SSSR count). The first-order chi connectivity index (χ1) is 11.3. The molecular weight excluding hydrogens is 324 g/mol. The van der Waals surface area contributed by atoms with Crippen molar-refractivity contribution in [3.8, 4) is 0 Å². The lowest BCUT2D eigenvalue weighted by Gasteiger charge is -2.22. The average molecular weight is 353 g/mol. The Hall–Kier alpha value is -1.14. The highest BCUT2D eigenvalue weighted by atomic mass is 32.2. The molecule has 0 aromatic carbocycles. The van der Waals surface area contributed by atoms with Crippen molar-refractivity contribution in [1.82, 2.24) is 9.47 Å². The maximum atomic E-state index is 12.8. The fourth-order valence-corrected chi connectivity index (χ4v) is 6.15. The highest BCUT2D eigenvalue weighted by Crippen LogP contribution is 2.33. The van der Waals surface area contributed by atoms with E-state index < -0.39 is 9.84 Å².